The van der Waals surface area contributed by atoms with E-state index in [0.29, 0.717) is 0 Å². The summed E-state index contributed by atoms with van der Waals surface area (Å²) in [5, 5.41) is 0. The summed E-state index contributed by atoms with van der Waals surface area (Å²) in [4.78, 5) is 11.2. The fraction of sp³-hybridized carbons (Fsp3) is 0.545. The van der Waals surface area contributed by atoms with Crippen LogP contribution in [0.1, 0.15) is 26.2 Å². The number of ether oxygens (including phenoxy) is 1. The Morgan fingerprint density at radius 2 is 2.46 bits per heavy atom. The van der Waals surface area contributed by atoms with Crippen molar-refractivity contribution >= 4 is 5.97 Å². The van der Waals surface area contributed by atoms with Gasteiger partial charge in [0.15, 0.2) is 0 Å². The molecule has 1 aliphatic rings. The van der Waals surface area contributed by atoms with E-state index in [1.54, 1.807) is 0 Å². The topological polar surface area (TPSA) is 26.3 Å². The molecule has 0 aromatic heterocycles. The van der Waals surface area contributed by atoms with Gasteiger partial charge in [0.05, 0.1) is 5.92 Å². The smallest absolute Gasteiger partial charge is 0.313 e. The lowest BCUT2D eigenvalue weighted by Crippen LogP contribution is -2.05. The standard InChI is InChI=1S/C11H16O2/c1-3-5-7-10-8-9(6-4-2)11(12)13-10/h3-4,6,9-10H,1,5,7-8H2,2H3/b6-4+/t9?,10-/m1/s1. The van der Waals surface area contributed by atoms with E-state index in [2.05, 4.69) is 6.58 Å². The molecule has 0 N–H and O–H groups in total. The molecule has 0 radical (unpaired) electrons. The number of allylic oxidation sites excluding steroid dienone is 2. The van der Waals surface area contributed by atoms with Crippen LogP contribution in [0.25, 0.3) is 0 Å². The highest BCUT2D eigenvalue weighted by atomic mass is 16.5. The lowest BCUT2D eigenvalue weighted by molar-refractivity contribution is -0.143. The maximum Gasteiger partial charge on any atom is 0.313 e. The van der Waals surface area contributed by atoms with E-state index < -0.39 is 0 Å². The maximum absolute atomic E-state index is 11.2. The van der Waals surface area contributed by atoms with E-state index in [4.69, 9.17) is 4.74 Å². The zero-order chi connectivity index (χ0) is 9.68. The number of carbonyl (C=O) groups is 1. The molecule has 1 rings (SSSR count). The molecule has 0 aromatic rings. The van der Waals surface area contributed by atoms with Crippen LogP contribution in [0.15, 0.2) is 24.8 Å². The molecule has 1 saturated heterocycles. The van der Waals surface area contributed by atoms with E-state index in [9.17, 15) is 4.79 Å². The molecular weight excluding hydrogens is 164 g/mol. The Labute approximate surface area is 79.3 Å². The van der Waals surface area contributed by atoms with Gasteiger partial charge in [-0.15, -0.1) is 6.58 Å². The molecule has 13 heavy (non-hydrogen) atoms. The van der Waals surface area contributed by atoms with Crippen LogP contribution in [0, 0.1) is 5.92 Å². The van der Waals surface area contributed by atoms with E-state index >= 15 is 0 Å². The minimum absolute atomic E-state index is 0.0141. The van der Waals surface area contributed by atoms with Crippen molar-refractivity contribution in [3.05, 3.63) is 24.8 Å². The first-order valence-electron chi connectivity index (χ1n) is 4.72. The van der Waals surface area contributed by atoms with Crippen molar-refractivity contribution < 1.29 is 9.53 Å². The zero-order valence-electron chi connectivity index (χ0n) is 8.03. The van der Waals surface area contributed by atoms with E-state index in [-0.39, 0.29) is 18.0 Å². The number of hydrogen-bond acceptors (Lipinski definition) is 2. The van der Waals surface area contributed by atoms with Gasteiger partial charge in [0, 0.05) is 6.42 Å². The van der Waals surface area contributed by atoms with Gasteiger partial charge < -0.3 is 4.74 Å². The van der Waals surface area contributed by atoms with Crippen LogP contribution in [-0.4, -0.2) is 12.1 Å². The average Bonchev–Trinajstić information content (AvgIpc) is 2.45. The summed E-state index contributed by atoms with van der Waals surface area (Å²) in [6.07, 6.45) is 8.43. The largest absolute Gasteiger partial charge is 0.462 e. The molecule has 0 spiro atoms. The minimum atomic E-state index is -0.0767. The molecule has 1 aliphatic heterocycles. The Morgan fingerprint density at radius 1 is 1.69 bits per heavy atom. The predicted octanol–water partition coefficient (Wildman–Crippen LogP) is 2.46. The Balaban J connectivity index is 2.40. The van der Waals surface area contributed by atoms with Crippen LogP contribution in [0.4, 0.5) is 0 Å². The molecule has 0 amide bonds. The molecule has 0 saturated carbocycles. The summed E-state index contributed by atoms with van der Waals surface area (Å²) < 4.78 is 5.19. The van der Waals surface area contributed by atoms with E-state index in [1.165, 1.54) is 0 Å². The highest BCUT2D eigenvalue weighted by Crippen LogP contribution is 2.25. The van der Waals surface area contributed by atoms with E-state index in [0.717, 1.165) is 19.3 Å². The number of cyclic esters (lactones) is 1. The van der Waals surface area contributed by atoms with Gasteiger partial charge in [0.1, 0.15) is 6.10 Å². The van der Waals surface area contributed by atoms with Crippen molar-refractivity contribution in [2.45, 2.75) is 32.3 Å². The second kappa shape index (κ2) is 4.85. The van der Waals surface area contributed by atoms with Crippen LogP contribution >= 0.6 is 0 Å². The average molecular weight is 180 g/mol. The monoisotopic (exact) mass is 180 g/mol. The highest BCUT2D eigenvalue weighted by molar-refractivity contribution is 5.76. The molecule has 0 bridgehead atoms. The van der Waals surface area contributed by atoms with Gasteiger partial charge >= 0.3 is 5.97 Å². The molecule has 2 heteroatoms. The Hall–Kier alpha value is -1.05. The van der Waals surface area contributed by atoms with Crippen LogP contribution in [0.3, 0.4) is 0 Å². The maximum atomic E-state index is 11.2. The summed E-state index contributed by atoms with van der Waals surface area (Å²) >= 11 is 0. The highest BCUT2D eigenvalue weighted by Gasteiger charge is 2.31. The van der Waals surface area contributed by atoms with Crippen LogP contribution < -0.4 is 0 Å². The van der Waals surface area contributed by atoms with Gasteiger partial charge in [-0.1, -0.05) is 18.2 Å². The van der Waals surface area contributed by atoms with Crippen molar-refractivity contribution in [3.63, 3.8) is 0 Å². The number of carbonyl (C=O) groups excluding carboxylic acids is 1. The normalized spacial score (nSPS) is 27.9. The van der Waals surface area contributed by atoms with Crippen molar-refractivity contribution in [2.24, 2.45) is 5.92 Å². The summed E-state index contributed by atoms with van der Waals surface area (Å²) in [6.45, 7) is 5.56. The first-order valence-corrected chi connectivity index (χ1v) is 4.72. The van der Waals surface area contributed by atoms with Crippen molar-refractivity contribution in [1.82, 2.24) is 0 Å². The molecule has 1 heterocycles. The number of hydrogen-bond donors (Lipinski definition) is 0. The molecule has 0 aliphatic carbocycles. The van der Waals surface area contributed by atoms with Gasteiger partial charge in [-0.05, 0) is 19.8 Å². The molecule has 1 unspecified atom stereocenters. The van der Waals surface area contributed by atoms with Crippen molar-refractivity contribution in [3.8, 4) is 0 Å². The van der Waals surface area contributed by atoms with Crippen molar-refractivity contribution in [2.75, 3.05) is 0 Å². The third kappa shape index (κ3) is 2.72. The Morgan fingerprint density at radius 3 is 3.08 bits per heavy atom. The molecule has 2 nitrogen and oxygen atoms in total. The molecule has 0 aromatic carbocycles. The fourth-order valence-electron chi connectivity index (χ4n) is 1.55. The van der Waals surface area contributed by atoms with Crippen LogP contribution in [0.5, 0.6) is 0 Å². The Kier molecular flexibility index (Phi) is 3.74. The van der Waals surface area contributed by atoms with Gasteiger partial charge in [-0.3, -0.25) is 4.79 Å². The first kappa shape index (κ1) is 10.0. The van der Waals surface area contributed by atoms with Crippen LogP contribution in [0.2, 0.25) is 0 Å². The fourth-order valence-corrected chi connectivity index (χ4v) is 1.55. The SMILES string of the molecule is C=CCC[C@@H]1CC(/C=C/C)C(=O)O1. The minimum Gasteiger partial charge on any atom is -0.462 e. The second-order valence-electron chi connectivity index (χ2n) is 3.29. The third-order valence-corrected chi connectivity index (χ3v) is 2.22. The third-order valence-electron chi connectivity index (χ3n) is 2.22. The van der Waals surface area contributed by atoms with Gasteiger partial charge in [0.2, 0.25) is 0 Å². The Bertz CT molecular complexity index is 218. The second-order valence-corrected chi connectivity index (χ2v) is 3.29. The molecule has 1 fully saturated rings. The van der Waals surface area contributed by atoms with Crippen molar-refractivity contribution in [1.29, 1.82) is 0 Å². The first-order chi connectivity index (χ1) is 6.27. The van der Waals surface area contributed by atoms with E-state index in [1.807, 2.05) is 25.2 Å². The number of rotatable bonds is 4. The summed E-state index contributed by atoms with van der Waals surface area (Å²) in [5.41, 5.74) is 0. The predicted molar refractivity (Wildman–Crippen MR) is 52.2 cm³/mol. The van der Waals surface area contributed by atoms with Crippen LogP contribution in [-0.2, 0) is 9.53 Å². The summed E-state index contributed by atoms with van der Waals surface area (Å²) in [6, 6.07) is 0. The zero-order valence-corrected chi connectivity index (χ0v) is 8.03. The summed E-state index contributed by atoms with van der Waals surface area (Å²) in [7, 11) is 0. The van der Waals surface area contributed by atoms with Gasteiger partial charge in [0.25, 0.3) is 0 Å². The lowest BCUT2D eigenvalue weighted by atomic mass is 10.0. The number of esters is 1. The van der Waals surface area contributed by atoms with Gasteiger partial charge in [-0.25, -0.2) is 0 Å². The summed E-state index contributed by atoms with van der Waals surface area (Å²) in [5.74, 6) is -0.0908. The van der Waals surface area contributed by atoms with Gasteiger partial charge in [-0.2, -0.15) is 0 Å². The quantitative estimate of drug-likeness (QED) is 0.490. The lowest BCUT2D eigenvalue weighted by Gasteiger charge is -2.05. The molecule has 72 valence electrons. The molecular formula is C11H16O2. The molecule has 2 atom stereocenters.